The van der Waals surface area contributed by atoms with Crippen molar-refractivity contribution in [3.8, 4) is 0 Å². The monoisotopic (exact) mass is 205 g/mol. The third-order valence-corrected chi connectivity index (χ3v) is 3.32. The Morgan fingerprint density at radius 2 is 2.07 bits per heavy atom. The molecule has 1 unspecified atom stereocenters. The van der Waals surface area contributed by atoms with Crippen LogP contribution in [0.2, 0.25) is 0 Å². The van der Waals surface area contributed by atoms with Gasteiger partial charge >= 0.3 is 0 Å². The molecule has 84 valence electrons. The highest BCUT2D eigenvalue weighted by molar-refractivity contribution is 5.05. The zero-order valence-electron chi connectivity index (χ0n) is 10.3. The van der Waals surface area contributed by atoms with Gasteiger partial charge in [-0.1, -0.05) is 46.1 Å². The molecule has 1 nitrogen and oxygen atoms in total. The zero-order valence-corrected chi connectivity index (χ0v) is 10.3. The summed E-state index contributed by atoms with van der Waals surface area (Å²) in [6.45, 7) is 6.94. The Hall–Kier alpha value is -0.850. The van der Waals surface area contributed by atoms with Gasteiger partial charge in [0.05, 0.1) is 0 Å². The van der Waals surface area contributed by atoms with Crippen LogP contribution >= 0.6 is 0 Å². The van der Waals surface area contributed by atoms with Crippen molar-refractivity contribution in [3.05, 3.63) is 30.1 Å². The van der Waals surface area contributed by atoms with Gasteiger partial charge in [-0.25, -0.2) is 0 Å². The van der Waals surface area contributed by atoms with E-state index in [1.807, 2.05) is 12.3 Å². The van der Waals surface area contributed by atoms with Crippen LogP contribution in [-0.4, -0.2) is 4.98 Å². The van der Waals surface area contributed by atoms with Gasteiger partial charge in [-0.2, -0.15) is 0 Å². The highest BCUT2D eigenvalue weighted by atomic mass is 14.7. The van der Waals surface area contributed by atoms with E-state index in [9.17, 15) is 0 Å². The summed E-state index contributed by atoms with van der Waals surface area (Å²) in [5, 5.41) is 0. The number of hydrogen-bond donors (Lipinski definition) is 0. The Kier molecular flexibility index (Phi) is 4.80. The van der Waals surface area contributed by atoms with E-state index in [-0.39, 0.29) is 0 Å². The third kappa shape index (κ3) is 4.03. The fourth-order valence-corrected chi connectivity index (χ4v) is 1.93. The second kappa shape index (κ2) is 5.89. The number of hydrogen-bond acceptors (Lipinski definition) is 1. The molecular weight excluding hydrogens is 182 g/mol. The number of aromatic nitrogens is 1. The quantitative estimate of drug-likeness (QED) is 0.677. The van der Waals surface area contributed by atoms with Crippen LogP contribution in [0.1, 0.15) is 52.1 Å². The molecule has 1 heterocycles. The summed E-state index contributed by atoms with van der Waals surface area (Å²) in [5.41, 5.74) is 1.67. The van der Waals surface area contributed by atoms with Crippen LogP contribution in [0.5, 0.6) is 0 Å². The third-order valence-electron chi connectivity index (χ3n) is 3.32. The van der Waals surface area contributed by atoms with E-state index in [0.717, 1.165) is 6.42 Å². The molecule has 0 bridgehead atoms. The van der Waals surface area contributed by atoms with Gasteiger partial charge in [-0.05, 0) is 30.4 Å². The van der Waals surface area contributed by atoms with E-state index in [4.69, 9.17) is 0 Å². The Morgan fingerprint density at radius 3 is 2.60 bits per heavy atom. The molecule has 0 aliphatic heterocycles. The van der Waals surface area contributed by atoms with E-state index in [2.05, 4.69) is 37.9 Å². The summed E-state index contributed by atoms with van der Waals surface area (Å²) in [6.07, 6.45) is 8.19. The first kappa shape index (κ1) is 12.2. The topological polar surface area (TPSA) is 12.9 Å². The predicted octanol–water partition coefficient (Wildman–Crippen LogP) is 4.23. The highest BCUT2D eigenvalue weighted by Crippen LogP contribution is 2.31. The maximum atomic E-state index is 4.42. The molecule has 1 atom stereocenters. The van der Waals surface area contributed by atoms with Gasteiger partial charge in [0, 0.05) is 11.9 Å². The van der Waals surface area contributed by atoms with Crippen molar-refractivity contribution in [2.75, 3.05) is 0 Å². The molecule has 0 spiro atoms. The van der Waals surface area contributed by atoms with Crippen LogP contribution in [0.25, 0.3) is 0 Å². The molecule has 0 N–H and O–H groups in total. The number of unbranched alkanes of at least 4 members (excludes halogenated alkanes) is 1. The van der Waals surface area contributed by atoms with Gasteiger partial charge in [0.2, 0.25) is 0 Å². The SMILES string of the molecule is CCCCC(C)(CC)Cc1ccccn1. The molecule has 1 heteroatoms. The van der Waals surface area contributed by atoms with E-state index in [1.165, 1.54) is 31.4 Å². The highest BCUT2D eigenvalue weighted by Gasteiger charge is 2.22. The second-order valence-electron chi connectivity index (χ2n) is 4.77. The minimum atomic E-state index is 0.435. The second-order valence-corrected chi connectivity index (χ2v) is 4.77. The molecule has 1 rings (SSSR count). The van der Waals surface area contributed by atoms with Crippen LogP contribution < -0.4 is 0 Å². The van der Waals surface area contributed by atoms with Gasteiger partial charge in [0.1, 0.15) is 0 Å². The molecule has 1 aromatic heterocycles. The van der Waals surface area contributed by atoms with Crippen LogP contribution in [0.3, 0.4) is 0 Å². The van der Waals surface area contributed by atoms with Crippen molar-refractivity contribution >= 4 is 0 Å². The van der Waals surface area contributed by atoms with Gasteiger partial charge in [-0.15, -0.1) is 0 Å². The number of pyridine rings is 1. The zero-order chi connectivity index (χ0) is 11.1. The lowest BCUT2D eigenvalue weighted by molar-refractivity contribution is 0.271. The van der Waals surface area contributed by atoms with E-state index < -0.39 is 0 Å². The summed E-state index contributed by atoms with van der Waals surface area (Å²) in [6, 6.07) is 6.21. The Labute approximate surface area is 93.9 Å². The molecule has 15 heavy (non-hydrogen) atoms. The summed E-state index contributed by atoms with van der Waals surface area (Å²) >= 11 is 0. The largest absolute Gasteiger partial charge is 0.261 e. The lowest BCUT2D eigenvalue weighted by atomic mass is 9.78. The Balaban J connectivity index is 2.59. The van der Waals surface area contributed by atoms with Crippen molar-refractivity contribution in [1.29, 1.82) is 0 Å². The first-order valence-corrected chi connectivity index (χ1v) is 6.10. The average molecular weight is 205 g/mol. The summed E-state index contributed by atoms with van der Waals surface area (Å²) in [4.78, 5) is 4.42. The smallest absolute Gasteiger partial charge is 0.0409 e. The molecule has 0 aliphatic carbocycles. The molecule has 0 amide bonds. The minimum Gasteiger partial charge on any atom is -0.261 e. The molecule has 1 aromatic rings. The standard InChI is InChI=1S/C14H23N/c1-4-6-10-14(3,5-2)12-13-9-7-8-11-15-13/h7-9,11H,4-6,10,12H2,1-3H3. The Bertz CT molecular complexity index is 268. The molecule has 0 aromatic carbocycles. The first-order chi connectivity index (χ1) is 7.20. The average Bonchev–Trinajstić information content (AvgIpc) is 2.28. The van der Waals surface area contributed by atoms with Crippen LogP contribution in [0, 0.1) is 5.41 Å². The fourth-order valence-electron chi connectivity index (χ4n) is 1.93. The molecule has 0 saturated carbocycles. The van der Waals surface area contributed by atoms with Crippen molar-refractivity contribution in [2.45, 2.75) is 52.9 Å². The summed E-state index contributed by atoms with van der Waals surface area (Å²) in [5.74, 6) is 0. The normalized spacial score (nSPS) is 14.9. The van der Waals surface area contributed by atoms with Gasteiger partial charge in [0.15, 0.2) is 0 Å². The molecule has 0 fully saturated rings. The van der Waals surface area contributed by atoms with Crippen molar-refractivity contribution in [3.63, 3.8) is 0 Å². The van der Waals surface area contributed by atoms with Crippen LogP contribution in [0.15, 0.2) is 24.4 Å². The Morgan fingerprint density at radius 1 is 1.27 bits per heavy atom. The van der Waals surface area contributed by atoms with Crippen molar-refractivity contribution in [1.82, 2.24) is 4.98 Å². The predicted molar refractivity (Wildman–Crippen MR) is 65.9 cm³/mol. The number of nitrogens with zero attached hydrogens (tertiary/aromatic N) is 1. The number of rotatable bonds is 6. The fraction of sp³-hybridized carbons (Fsp3) is 0.643. The lowest BCUT2D eigenvalue weighted by Gasteiger charge is -2.27. The molecule has 0 saturated heterocycles. The van der Waals surface area contributed by atoms with Crippen LogP contribution in [0.4, 0.5) is 0 Å². The summed E-state index contributed by atoms with van der Waals surface area (Å²) in [7, 11) is 0. The van der Waals surface area contributed by atoms with Crippen molar-refractivity contribution < 1.29 is 0 Å². The first-order valence-electron chi connectivity index (χ1n) is 6.10. The summed E-state index contributed by atoms with van der Waals surface area (Å²) < 4.78 is 0. The maximum absolute atomic E-state index is 4.42. The van der Waals surface area contributed by atoms with Gasteiger partial charge in [-0.3, -0.25) is 4.98 Å². The van der Waals surface area contributed by atoms with E-state index >= 15 is 0 Å². The van der Waals surface area contributed by atoms with Gasteiger partial charge in [0.25, 0.3) is 0 Å². The van der Waals surface area contributed by atoms with Crippen LogP contribution in [-0.2, 0) is 6.42 Å². The van der Waals surface area contributed by atoms with E-state index in [1.54, 1.807) is 0 Å². The molecular formula is C14H23N. The maximum Gasteiger partial charge on any atom is 0.0409 e. The minimum absolute atomic E-state index is 0.435. The van der Waals surface area contributed by atoms with Crippen molar-refractivity contribution in [2.24, 2.45) is 5.41 Å². The van der Waals surface area contributed by atoms with E-state index in [0.29, 0.717) is 5.41 Å². The molecule has 0 radical (unpaired) electrons. The van der Waals surface area contributed by atoms with Gasteiger partial charge < -0.3 is 0 Å². The lowest BCUT2D eigenvalue weighted by Crippen LogP contribution is -2.19. The molecule has 0 aliphatic rings.